The van der Waals surface area contributed by atoms with Gasteiger partial charge in [0.15, 0.2) is 4.90 Å². The molecule has 0 aromatic heterocycles. The highest BCUT2D eigenvalue weighted by Crippen LogP contribution is 2.29. The fourth-order valence-electron chi connectivity index (χ4n) is 3.25. The van der Waals surface area contributed by atoms with Crippen molar-refractivity contribution in [1.82, 2.24) is 9.21 Å². The molecule has 2 N–H and O–H groups in total. The first-order valence-electron chi connectivity index (χ1n) is 7.78. The summed E-state index contributed by atoms with van der Waals surface area (Å²) in [6, 6.07) is 3.00. The minimum absolute atomic E-state index is 0.00318. The van der Waals surface area contributed by atoms with Gasteiger partial charge in [0.1, 0.15) is 11.6 Å². The van der Waals surface area contributed by atoms with Crippen LogP contribution in [0.5, 0.6) is 0 Å². The zero-order valence-corrected chi connectivity index (χ0v) is 13.8. The van der Waals surface area contributed by atoms with Gasteiger partial charge in [-0.2, -0.15) is 4.31 Å². The number of nitrogens with zero attached hydrogens (tertiary/aromatic N) is 2. The van der Waals surface area contributed by atoms with Gasteiger partial charge < -0.3 is 5.73 Å². The maximum atomic E-state index is 13.7. The number of hydrogen-bond acceptors (Lipinski definition) is 4. The fourth-order valence-corrected chi connectivity index (χ4v) is 4.87. The van der Waals surface area contributed by atoms with Gasteiger partial charge in [0.05, 0.1) is 0 Å². The summed E-state index contributed by atoms with van der Waals surface area (Å²) in [5.41, 5.74) is 5.29. The average molecular weight is 359 g/mol. The SMILES string of the molecule is NC(=O)C1CCN(C2CN(S(=O)(=O)c3c(F)cccc3F)C2)CC1. The number of nitrogens with two attached hydrogens (primary N) is 1. The van der Waals surface area contributed by atoms with Gasteiger partial charge in [-0.05, 0) is 38.1 Å². The average Bonchev–Trinajstić information content (AvgIpc) is 2.45. The lowest BCUT2D eigenvalue weighted by Gasteiger charge is -2.46. The molecule has 9 heteroatoms. The third-order valence-corrected chi connectivity index (χ3v) is 6.68. The number of carbonyl (C=O) groups is 1. The summed E-state index contributed by atoms with van der Waals surface area (Å²) in [6.07, 6.45) is 1.31. The summed E-state index contributed by atoms with van der Waals surface area (Å²) in [4.78, 5) is 12.4. The monoisotopic (exact) mass is 359 g/mol. The Morgan fingerprint density at radius 3 is 2.17 bits per heavy atom. The Hall–Kier alpha value is -1.58. The van der Waals surface area contributed by atoms with Gasteiger partial charge >= 0.3 is 0 Å². The predicted octanol–water partition coefficient (Wildman–Crippen LogP) is 0.535. The molecular weight excluding hydrogens is 340 g/mol. The summed E-state index contributed by atoms with van der Waals surface area (Å²) in [6.45, 7) is 1.72. The molecule has 24 heavy (non-hydrogen) atoms. The highest BCUT2D eigenvalue weighted by Gasteiger charge is 2.42. The maximum Gasteiger partial charge on any atom is 0.249 e. The van der Waals surface area contributed by atoms with Crippen molar-refractivity contribution in [2.75, 3.05) is 26.2 Å². The molecule has 6 nitrogen and oxygen atoms in total. The summed E-state index contributed by atoms with van der Waals surface area (Å²) >= 11 is 0. The fraction of sp³-hybridized carbons (Fsp3) is 0.533. The first kappa shape index (κ1) is 17.2. The van der Waals surface area contributed by atoms with Gasteiger partial charge in [0, 0.05) is 25.0 Å². The first-order valence-corrected chi connectivity index (χ1v) is 9.22. The molecule has 132 valence electrons. The van der Waals surface area contributed by atoms with E-state index >= 15 is 0 Å². The third-order valence-electron chi connectivity index (χ3n) is 4.79. The van der Waals surface area contributed by atoms with Crippen LogP contribution in [0.2, 0.25) is 0 Å². The largest absolute Gasteiger partial charge is 0.369 e. The molecule has 0 saturated carbocycles. The van der Waals surface area contributed by atoms with E-state index in [9.17, 15) is 22.0 Å². The van der Waals surface area contributed by atoms with E-state index in [1.165, 1.54) is 0 Å². The van der Waals surface area contributed by atoms with Gasteiger partial charge in [-0.25, -0.2) is 17.2 Å². The zero-order chi connectivity index (χ0) is 17.5. The number of likely N-dealkylation sites (tertiary alicyclic amines) is 1. The van der Waals surface area contributed by atoms with E-state index in [0.717, 1.165) is 22.5 Å². The second-order valence-corrected chi connectivity index (χ2v) is 8.11. The molecule has 1 amide bonds. The van der Waals surface area contributed by atoms with Crippen LogP contribution in [-0.4, -0.2) is 55.8 Å². The van der Waals surface area contributed by atoms with Crippen LogP contribution < -0.4 is 5.73 Å². The zero-order valence-electron chi connectivity index (χ0n) is 13.0. The van der Waals surface area contributed by atoms with Crippen LogP contribution >= 0.6 is 0 Å². The number of amides is 1. The van der Waals surface area contributed by atoms with Gasteiger partial charge in [0.2, 0.25) is 15.9 Å². The molecule has 2 aliphatic heterocycles. The smallest absolute Gasteiger partial charge is 0.249 e. The molecule has 0 bridgehead atoms. The number of hydrogen-bond donors (Lipinski definition) is 1. The minimum atomic E-state index is -4.18. The maximum absolute atomic E-state index is 13.7. The summed E-state index contributed by atoms with van der Waals surface area (Å²) in [7, 11) is -4.18. The second kappa shape index (κ2) is 6.38. The van der Waals surface area contributed by atoms with Crippen molar-refractivity contribution in [2.45, 2.75) is 23.8 Å². The molecule has 0 atom stereocenters. The molecular formula is C15H19F2N3O3S. The van der Waals surface area contributed by atoms with Crippen LogP contribution in [0.15, 0.2) is 23.1 Å². The Labute approximate surface area is 139 Å². The molecule has 0 spiro atoms. The minimum Gasteiger partial charge on any atom is -0.369 e. The van der Waals surface area contributed by atoms with E-state index in [4.69, 9.17) is 5.73 Å². The predicted molar refractivity (Wildman–Crippen MR) is 82.4 cm³/mol. The number of carbonyl (C=O) groups excluding carboxylic acids is 1. The molecule has 2 heterocycles. The lowest BCUT2D eigenvalue weighted by atomic mass is 9.94. The van der Waals surface area contributed by atoms with Crippen molar-refractivity contribution in [3.05, 3.63) is 29.8 Å². The lowest BCUT2D eigenvalue weighted by Crippen LogP contribution is -2.62. The van der Waals surface area contributed by atoms with E-state index in [2.05, 4.69) is 4.90 Å². The molecule has 2 aliphatic rings. The quantitative estimate of drug-likeness (QED) is 0.850. The molecule has 0 radical (unpaired) electrons. The molecule has 2 fully saturated rings. The van der Waals surface area contributed by atoms with Crippen molar-refractivity contribution in [1.29, 1.82) is 0 Å². The van der Waals surface area contributed by atoms with Crippen molar-refractivity contribution in [3.63, 3.8) is 0 Å². The molecule has 3 rings (SSSR count). The van der Waals surface area contributed by atoms with Gasteiger partial charge in [0.25, 0.3) is 0 Å². The number of rotatable bonds is 4. The van der Waals surface area contributed by atoms with E-state index in [1.807, 2.05) is 0 Å². The lowest BCUT2D eigenvalue weighted by molar-refractivity contribution is -0.123. The molecule has 2 saturated heterocycles. The molecule has 1 aromatic carbocycles. The van der Waals surface area contributed by atoms with Crippen LogP contribution in [0.3, 0.4) is 0 Å². The van der Waals surface area contributed by atoms with Crippen LogP contribution in [0.25, 0.3) is 0 Å². The van der Waals surface area contributed by atoms with Crippen molar-refractivity contribution in [2.24, 2.45) is 11.7 Å². The highest BCUT2D eigenvalue weighted by molar-refractivity contribution is 7.89. The second-order valence-electron chi connectivity index (χ2n) is 6.24. The van der Waals surface area contributed by atoms with Crippen LogP contribution in [-0.2, 0) is 14.8 Å². The van der Waals surface area contributed by atoms with Crippen molar-refractivity contribution in [3.8, 4) is 0 Å². The number of sulfonamides is 1. The van der Waals surface area contributed by atoms with E-state index in [1.54, 1.807) is 0 Å². The Morgan fingerprint density at radius 2 is 1.67 bits per heavy atom. The van der Waals surface area contributed by atoms with Crippen molar-refractivity contribution < 1.29 is 22.0 Å². The molecule has 1 aromatic rings. The number of primary amides is 1. The van der Waals surface area contributed by atoms with Gasteiger partial charge in [-0.15, -0.1) is 0 Å². The highest BCUT2D eigenvalue weighted by atomic mass is 32.2. The molecule has 0 unspecified atom stereocenters. The van der Waals surface area contributed by atoms with Crippen LogP contribution in [0, 0.1) is 17.6 Å². The normalized spacial score (nSPS) is 21.6. The summed E-state index contributed by atoms with van der Waals surface area (Å²) in [5, 5.41) is 0. The topological polar surface area (TPSA) is 83.7 Å². The first-order chi connectivity index (χ1) is 11.3. The van der Waals surface area contributed by atoms with Crippen LogP contribution in [0.4, 0.5) is 8.78 Å². The van der Waals surface area contributed by atoms with E-state index < -0.39 is 26.6 Å². The Kier molecular flexibility index (Phi) is 4.58. The number of benzene rings is 1. The standard InChI is InChI=1S/C15H19F2N3O3S/c16-12-2-1-3-13(17)14(12)24(22,23)20-8-11(9-20)19-6-4-10(5-7-19)15(18)21/h1-3,10-11H,4-9H2,(H2,18,21). The van der Waals surface area contributed by atoms with Crippen molar-refractivity contribution >= 4 is 15.9 Å². The van der Waals surface area contributed by atoms with Gasteiger partial charge in [-0.3, -0.25) is 9.69 Å². The Morgan fingerprint density at radius 1 is 1.12 bits per heavy atom. The van der Waals surface area contributed by atoms with Crippen LogP contribution in [0.1, 0.15) is 12.8 Å². The summed E-state index contributed by atoms with van der Waals surface area (Å²) < 4.78 is 53.3. The summed E-state index contributed by atoms with van der Waals surface area (Å²) in [5.74, 6) is -2.60. The Bertz CT molecular complexity index is 722. The van der Waals surface area contributed by atoms with E-state index in [-0.39, 0.29) is 31.0 Å². The molecule has 0 aliphatic carbocycles. The number of piperidine rings is 1. The van der Waals surface area contributed by atoms with Gasteiger partial charge in [-0.1, -0.05) is 6.07 Å². The third kappa shape index (κ3) is 3.03. The Balaban J connectivity index is 1.63. The van der Waals surface area contributed by atoms with E-state index in [0.29, 0.717) is 25.9 Å². The number of halogens is 2.